The van der Waals surface area contributed by atoms with E-state index in [1.807, 2.05) is 116 Å². The van der Waals surface area contributed by atoms with E-state index >= 15 is 0 Å². The number of hydrogen-bond acceptors (Lipinski definition) is 30. The first-order valence-electron chi connectivity index (χ1n) is 52.2. The fourth-order valence-electron chi connectivity index (χ4n) is 21.1. The van der Waals surface area contributed by atoms with Gasteiger partial charge in [0.15, 0.2) is 11.6 Å². The molecule has 0 aromatic rings. The van der Waals surface area contributed by atoms with E-state index in [-0.39, 0.29) is 136 Å². The zero-order valence-electron chi connectivity index (χ0n) is 88.5. The Morgan fingerprint density at radius 1 is 0.415 bits per heavy atom. The number of carbonyl (C=O) groups excluding carboxylic acids is 10. The largest absolute Gasteiger partial charge is 0.460 e. The van der Waals surface area contributed by atoms with Crippen molar-refractivity contribution in [3.05, 3.63) is 95.2 Å². The van der Waals surface area contributed by atoms with Gasteiger partial charge in [0.25, 0.3) is 23.4 Å². The number of ether oxygens (including phenoxy) is 14. The van der Waals surface area contributed by atoms with Gasteiger partial charge in [0, 0.05) is 117 Å². The third kappa shape index (κ3) is 36.3. The van der Waals surface area contributed by atoms with Crippen molar-refractivity contribution in [2.24, 2.45) is 71.0 Å². The highest BCUT2D eigenvalue weighted by atomic mass is 16.7. The molecule has 6 aliphatic heterocycles. The van der Waals surface area contributed by atoms with Crippen LogP contribution in [-0.4, -0.2) is 317 Å². The maximum atomic E-state index is 14.5. The van der Waals surface area contributed by atoms with Crippen molar-refractivity contribution in [3.63, 3.8) is 0 Å². The lowest BCUT2D eigenvalue weighted by molar-refractivity contribution is -0.266. The zero-order chi connectivity index (χ0) is 105. The molecule has 804 valence electrons. The number of fused-ring (bicyclic) bond motifs is 6. The minimum absolute atomic E-state index is 0.00618. The molecule has 0 radical (unpaired) electrons. The Labute approximate surface area is 843 Å². The second-order valence-electron chi connectivity index (χ2n) is 41.7. The van der Waals surface area contributed by atoms with Gasteiger partial charge in [-0.3, -0.25) is 38.4 Å². The fraction of sp³-hybridized carbons (Fsp3) is 0.764. The molecule has 6 fully saturated rings. The highest BCUT2D eigenvalue weighted by Crippen LogP contribution is 2.42. The molecule has 0 aromatic heterocycles. The number of Topliss-reactive ketones (excluding diaryl/α,β-unsaturated/α-hetero) is 6. The smallest absolute Gasteiger partial charge is 0.329 e. The number of aliphatic hydroxyl groups is 6. The zero-order valence-corrected chi connectivity index (χ0v) is 88.5. The van der Waals surface area contributed by atoms with Crippen LogP contribution < -0.4 is 0 Å². The molecular formula is C110H174N2O30. The van der Waals surface area contributed by atoms with Crippen molar-refractivity contribution in [2.75, 3.05) is 109 Å². The van der Waals surface area contributed by atoms with Crippen LogP contribution >= 0.6 is 0 Å². The first kappa shape index (κ1) is 122. The summed E-state index contributed by atoms with van der Waals surface area (Å²) in [4.78, 5) is 145. The summed E-state index contributed by atoms with van der Waals surface area (Å²) in [7, 11) is 9.07. The monoisotopic (exact) mass is 2000 g/mol. The van der Waals surface area contributed by atoms with Gasteiger partial charge >= 0.3 is 11.9 Å². The van der Waals surface area contributed by atoms with Crippen LogP contribution in [0.25, 0.3) is 0 Å². The molecule has 4 bridgehead atoms. The molecule has 0 aromatic carbocycles. The lowest BCUT2D eigenvalue weighted by Crippen LogP contribution is -2.61. The molecule has 0 unspecified atom stereocenters. The van der Waals surface area contributed by atoms with Crippen LogP contribution in [0.5, 0.6) is 0 Å². The number of cyclic esters (lactones) is 2. The molecule has 6 N–H and O–H groups in total. The van der Waals surface area contributed by atoms with E-state index in [1.165, 1.54) is 24.0 Å². The Kier molecular flexibility index (Phi) is 52.6. The van der Waals surface area contributed by atoms with Crippen LogP contribution in [0, 0.1) is 71.0 Å². The standard InChI is InChI=1S/2C55H87NO15/c2*1-34-16-12-11-13-17-35(2)46(69-27-26-68-25-24-65-8)32-42-21-19-40(7)55(64,71-42)52(61)53(62)56-23-15-14-18-43(56)54(63)70-47(37(4)30-41-20-22-44(57)48(31-41)66-9)33-45(58)36(3)29-39(6)50(60)51(67-10)49(59)38(5)28-34/h2*11-13,16-17,29,34,36-38,40-44,46-48,50-51,57,60,64H,14-15,18-28,30-33H2,1-10H3/b2*13-11?,16-12+,35-17?,39-29+/t34-,36-,37-,38-,40-,41+,42+,43+,44-,46+,47+,48-,50-,51+,55-;34-,36-,37-,38-,40-,41+,42+,43+,44-,46-,47+,48-,50-,51+,55-/m11/s1. The summed E-state index contributed by atoms with van der Waals surface area (Å²) in [5.41, 5.74) is 2.45. The molecule has 6 heterocycles. The molecular weight excluding hydrogens is 1830 g/mol. The van der Waals surface area contributed by atoms with Gasteiger partial charge in [-0.25, -0.2) is 9.59 Å². The second kappa shape index (κ2) is 61.2. The second-order valence-corrected chi connectivity index (χ2v) is 41.7. The number of rotatable bonds is 24. The van der Waals surface area contributed by atoms with Crippen LogP contribution in [0.3, 0.4) is 0 Å². The maximum Gasteiger partial charge on any atom is 0.329 e. The number of amides is 2. The molecule has 0 spiro atoms. The van der Waals surface area contributed by atoms with E-state index in [2.05, 4.69) is 0 Å². The first-order chi connectivity index (χ1) is 67.5. The molecule has 8 rings (SSSR count). The Balaban J connectivity index is 0.000000386. The van der Waals surface area contributed by atoms with Gasteiger partial charge in [0.05, 0.1) is 102 Å². The van der Waals surface area contributed by atoms with Crippen molar-refractivity contribution in [1.82, 2.24) is 9.80 Å². The number of carbonyl (C=O) groups is 10. The number of allylic oxidation sites excluding steroid dienone is 12. The number of esters is 2. The van der Waals surface area contributed by atoms with Crippen LogP contribution in [0.1, 0.15) is 251 Å². The molecule has 4 saturated heterocycles. The van der Waals surface area contributed by atoms with E-state index in [9.17, 15) is 78.6 Å². The summed E-state index contributed by atoms with van der Waals surface area (Å²) in [5, 5.41) is 68.3. The van der Waals surface area contributed by atoms with Crippen LogP contribution in [0.15, 0.2) is 95.2 Å². The van der Waals surface area contributed by atoms with Crippen molar-refractivity contribution < 1.29 is 145 Å². The number of methoxy groups -OCH3 is 6. The fourth-order valence-corrected chi connectivity index (χ4v) is 21.1. The molecule has 30 atom stereocenters. The quantitative estimate of drug-likeness (QED) is 0.0226. The van der Waals surface area contributed by atoms with Crippen molar-refractivity contribution in [1.29, 1.82) is 0 Å². The van der Waals surface area contributed by atoms with Crippen molar-refractivity contribution in [3.8, 4) is 0 Å². The topological polar surface area (TPSA) is 428 Å². The molecule has 142 heavy (non-hydrogen) atoms. The number of ketones is 6. The minimum Gasteiger partial charge on any atom is -0.460 e. The predicted octanol–water partition coefficient (Wildman–Crippen LogP) is 12.4. The Bertz CT molecular complexity index is 3990. The normalized spacial score (nSPS) is 36.8. The minimum atomic E-state index is -2.47. The van der Waals surface area contributed by atoms with Crippen LogP contribution in [0.2, 0.25) is 0 Å². The van der Waals surface area contributed by atoms with Crippen molar-refractivity contribution >= 4 is 58.5 Å². The highest BCUT2D eigenvalue weighted by Gasteiger charge is 2.56. The highest BCUT2D eigenvalue weighted by molar-refractivity contribution is 6.39. The molecule has 32 heteroatoms. The molecule has 32 nitrogen and oxygen atoms in total. The predicted molar refractivity (Wildman–Crippen MR) is 534 cm³/mol. The summed E-state index contributed by atoms with van der Waals surface area (Å²) >= 11 is 0. The van der Waals surface area contributed by atoms with E-state index < -0.39 is 168 Å². The third-order valence-electron chi connectivity index (χ3n) is 30.3. The Hall–Kier alpha value is -6.90. The summed E-state index contributed by atoms with van der Waals surface area (Å²) < 4.78 is 81.6. The number of aliphatic hydroxyl groups excluding tert-OH is 4. The SMILES string of the molecule is COCCOCCO[C@@H]1C[C@@H]2CC[C@@H](C)[C@@](O)(O2)C(=O)C(=O)N2CCCC[C@H]2C(=O)O[C@H]([C@H](C)C[C@@H]2CC[C@@H](O)[C@H](OC)C2)CC(=O)[C@H](C)/C=C(\C)[C@@H](O)[C@@H](OC)C(=O)[C@H](C)C[C@H](C)/C=C/C=CC=C1C.COCCOCCO[C@H]1C[C@@H]2CC[C@@H](C)[C@@](O)(O2)C(=O)C(=O)N2CCCC[C@H]2C(=O)O[C@H]([C@H](C)C[C@@H]2CC[C@@H](O)[C@H](OC)C2)CC(=O)[C@H](C)/C=C(\C)[C@@H](O)[C@@H](OC)C(=O)[C@H](C)C[C@H](C)/C=C/C=CC=C1C. The summed E-state index contributed by atoms with van der Waals surface area (Å²) in [5.74, 6) is -16.4. The molecule has 8 aliphatic rings. The van der Waals surface area contributed by atoms with E-state index in [1.54, 1.807) is 82.1 Å². The first-order valence-corrected chi connectivity index (χ1v) is 52.2. The third-order valence-corrected chi connectivity index (χ3v) is 30.3. The van der Waals surface area contributed by atoms with Gasteiger partial charge in [-0.1, -0.05) is 142 Å². The number of piperidine rings is 2. The summed E-state index contributed by atoms with van der Waals surface area (Å²) in [6.07, 6.45) is 21.5. The Morgan fingerprint density at radius 2 is 0.782 bits per heavy atom. The average Bonchev–Trinajstić information content (AvgIpc) is 0.773. The molecule has 2 amide bonds. The summed E-state index contributed by atoms with van der Waals surface area (Å²) in [6, 6.07) is -2.32. The van der Waals surface area contributed by atoms with Crippen LogP contribution in [0.4, 0.5) is 0 Å². The lowest BCUT2D eigenvalue weighted by atomic mass is 9.78. The van der Waals surface area contributed by atoms with Crippen molar-refractivity contribution in [2.45, 2.75) is 360 Å². The van der Waals surface area contributed by atoms with Crippen LogP contribution in [-0.2, 0) is 114 Å². The molecule has 2 saturated carbocycles. The maximum absolute atomic E-state index is 14.5. The van der Waals surface area contributed by atoms with E-state index in [0.717, 1.165) is 11.1 Å². The summed E-state index contributed by atoms with van der Waals surface area (Å²) in [6.45, 7) is 28.2. The van der Waals surface area contributed by atoms with Gasteiger partial charge in [-0.15, -0.1) is 0 Å². The van der Waals surface area contributed by atoms with Gasteiger partial charge in [-0.05, 0) is 214 Å². The van der Waals surface area contributed by atoms with E-state index in [0.29, 0.717) is 166 Å². The number of nitrogens with zero attached hydrogens (tertiary/aromatic N) is 2. The van der Waals surface area contributed by atoms with Gasteiger partial charge in [0.1, 0.15) is 60.3 Å². The van der Waals surface area contributed by atoms with Gasteiger partial charge < -0.3 is 107 Å². The van der Waals surface area contributed by atoms with E-state index in [4.69, 9.17) is 66.3 Å². The van der Waals surface area contributed by atoms with Gasteiger partial charge in [0.2, 0.25) is 11.6 Å². The average molecular weight is 2000 g/mol. The van der Waals surface area contributed by atoms with Gasteiger partial charge in [-0.2, -0.15) is 0 Å². The lowest BCUT2D eigenvalue weighted by Gasteiger charge is -2.43. The number of hydrogen-bond donors (Lipinski definition) is 6. The Morgan fingerprint density at radius 3 is 1.13 bits per heavy atom. The molecule has 2 aliphatic carbocycles.